The average Bonchev–Trinajstić information content (AvgIpc) is 2.62. The molecule has 4 rings (SSSR count). The standard InChI is InChI=1S/C18H21N5O2/c1-3-23-15-12(8-7-11(2)19-15)14(24)13-16(23)20-18(21-17(13)25)22-9-5-4-6-10-22/h7-8H,3-6,9-10H2,1-2H3,(H,20,21,25). The molecule has 0 unspecified atom stereocenters. The van der Waals surface area contributed by atoms with Crippen LogP contribution in [0.5, 0.6) is 0 Å². The fraction of sp³-hybridized carbons (Fsp3) is 0.444. The number of anilines is 1. The van der Waals surface area contributed by atoms with E-state index in [0.29, 0.717) is 29.2 Å². The van der Waals surface area contributed by atoms with Crippen molar-refractivity contribution in [1.82, 2.24) is 19.5 Å². The number of piperidine rings is 1. The molecular weight excluding hydrogens is 318 g/mol. The molecular formula is C18H21N5O2. The highest BCUT2D eigenvalue weighted by molar-refractivity contribution is 5.89. The van der Waals surface area contributed by atoms with Crippen LogP contribution in [0.3, 0.4) is 0 Å². The Labute approximate surface area is 144 Å². The Morgan fingerprint density at radius 2 is 1.84 bits per heavy atom. The number of H-pyrrole nitrogens is 1. The Hall–Kier alpha value is -2.70. The van der Waals surface area contributed by atoms with Crippen LogP contribution in [0.15, 0.2) is 21.7 Å². The smallest absolute Gasteiger partial charge is 0.265 e. The molecule has 0 spiro atoms. The maximum atomic E-state index is 12.8. The van der Waals surface area contributed by atoms with Crippen LogP contribution < -0.4 is 15.9 Å². The van der Waals surface area contributed by atoms with Gasteiger partial charge in [-0.05, 0) is 45.2 Å². The molecule has 7 nitrogen and oxygen atoms in total. The molecule has 1 aliphatic heterocycles. The fourth-order valence-electron chi connectivity index (χ4n) is 3.57. The van der Waals surface area contributed by atoms with Gasteiger partial charge < -0.3 is 9.47 Å². The van der Waals surface area contributed by atoms with Crippen LogP contribution in [0.4, 0.5) is 5.95 Å². The van der Waals surface area contributed by atoms with E-state index < -0.39 is 0 Å². The zero-order valence-corrected chi connectivity index (χ0v) is 14.5. The third kappa shape index (κ3) is 2.50. The van der Waals surface area contributed by atoms with Gasteiger partial charge in [-0.25, -0.2) is 4.98 Å². The van der Waals surface area contributed by atoms with Crippen molar-refractivity contribution in [1.29, 1.82) is 0 Å². The topological polar surface area (TPSA) is 83.9 Å². The van der Waals surface area contributed by atoms with Gasteiger partial charge in [-0.3, -0.25) is 14.6 Å². The lowest BCUT2D eigenvalue weighted by atomic mass is 10.1. The number of hydrogen-bond acceptors (Lipinski definition) is 5. The molecule has 7 heteroatoms. The van der Waals surface area contributed by atoms with E-state index in [1.165, 1.54) is 6.42 Å². The van der Waals surface area contributed by atoms with Gasteiger partial charge in [-0.15, -0.1) is 0 Å². The minimum absolute atomic E-state index is 0.112. The maximum Gasteiger partial charge on any atom is 0.265 e. The van der Waals surface area contributed by atoms with Crippen LogP contribution in [0.25, 0.3) is 22.1 Å². The molecule has 1 fully saturated rings. The van der Waals surface area contributed by atoms with E-state index in [0.717, 1.165) is 31.6 Å². The zero-order chi connectivity index (χ0) is 17.6. The van der Waals surface area contributed by atoms with E-state index in [2.05, 4.69) is 19.9 Å². The largest absolute Gasteiger partial charge is 0.342 e. The summed E-state index contributed by atoms with van der Waals surface area (Å²) in [4.78, 5) is 39.6. The summed E-state index contributed by atoms with van der Waals surface area (Å²) in [6.45, 7) is 6.18. The van der Waals surface area contributed by atoms with Gasteiger partial charge in [0, 0.05) is 25.3 Å². The number of pyridine rings is 2. The molecule has 0 radical (unpaired) electrons. The SMILES string of the molecule is CCn1c2nc(C)ccc2c(=O)c2c(=O)[nH]c(N3CCCCC3)nc21. The minimum Gasteiger partial charge on any atom is -0.342 e. The van der Waals surface area contributed by atoms with E-state index in [4.69, 9.17) is 0 Å². The van der Waals surface area contributed by atoms with E-state index in [1.54, 1.807) is 12.1 Å². The Bertz CT molecular complexity index is 1080. The second-order valence-electron chi connectivity index (χ2n) is 6.53. The minimum atomic E-state index is -0.375. The molecule has 0 atom stereocenters. The van der Waals surface area contributed by atoms with Gasteiger partial charge in [0.2, 0.25) is 11.4 Å². The third-order valence-electron chi connectivity index (χ3n) is 4.86. The molecule has 0 amide bonds. The summed E-state index contributed by atoms with van der Waals surface area (Å²) in [5.41, 5.74) is 1.15. The Morgan fingerprint density at radius 3 is 2.56 bits per heavy atom. The van der Waals surface area contributed by atoms with Crippen molar-refractivity contribution in [3.63, 3.8) is 0 Å². The van der Waals surface area contributed by atoms with Crippen molar-refractivity contribution < 1.29 is 0 Å². The molecule has 0 bridgehead atoms. The normalized spacial score (nSPS) is 15.2. The number of nitrogens with one attached hydrogen (secondary N) is 1. The van der Waals surface area contributed by atoms with Crippen molar-refractivity contribution in [2.45, 2.75) is 39.7 Å². The molecule has 0 saturated carbocycles. The number of hydrogen-bond donors (Lipinski definition) is 1. The molecule has 0 aliphatic carbocycles. The van der Waals surface area contributed by atoms with Crippen LogP contribution in [0.1, 0.15) is 31.9 Å². The van der Waals surface area contributed by atoms with Crippen molar-refractivity contribution in [3.8, 4) is 0 Å². The van der Waals surface area contributed by atoms with Gasteiger partial charge >= 0.3 is 0 Å². The number of rotatable bonds is 2. The third-order valence-corrected chi connectivity index (χ3v) is 4.86. The first-order valence-electron chi connectivity index (χ1n) is 8.79. The first-order chi connectivity index (χ1) is 12.1. The van der Waals surface area contributed by atoms with Crippen LogP contribution in [-0.2, 0) is 6.54 Å². The van der Waals surface area contributed by atoms with E-state index in [9.17, 15) is 9.59 Å². The highest BCUT2D eigenvalue weighted by Crippen LogP contribution is 2.19. The Morgan fingerprint density at radius 1 is 1.08 bits per heavy atom. The van der Waals surface area contributed by atoms with Crippen molar-refractivity contribution in [3.05, 3.63) is 38.4 Å². The summed E-state index contributed by atoms with van der Waals surface area (Å²) in [5, 5.41) is 0.568. The molecule has 0 aromatic carbocycles. The molecule has 3 aromatic heterocycles. The van der Waals surface area contributed by atoms with Crippen molar-refractivity contribution in [2.75, 3.05) is 18.0 Å². The summed E-state index contributed by atoms with van der Waals surface area (Å²) in [6.07, 6.45) is 3.36. The second-order valence-corrected chi connectivity index (χ2v) is 6.53. The maximum absolute atomic E-state index is 12.8. The van der Waals surface area contributed by atoms with E-state index in [-0.39, 0.29) is 16.4 Å². The lowest BCUT2D eigenvalue weighted by Gasteiger charge is -2.27. The first kappa shape index (κ1) is 15.8. The van der Waals surface area contributed by atoms with Gasteiger partial charge in [-0.1, -0.05) is 0 Å². The van der Waals surface area contributed by atoms with Gasteiger partial charge in [0.05, 0.1) is 5.39 Å². The monoisotopic (exact) mass is 339 g/mol. The molecule has 3 aromatic rings. The number of aromatic amines is 1. The highest BCUT2D eigenvalue weighted by Gasteiger charge is 2.19. The summed E-state index contributed by atoms with van der Waals surface area (Å²) in [7, 11) is 0. The summed E-state index contributed by atoms with van der Waals surface area (Å²) in [5.74, 6) is 0.547. The van der Waals surface area contributed by atoms with Crippen LogP contribution in [-0.4, -0.2) is 32.6 Å². The predicted octanol–water partition coefficient (Wildman–Crippen LogP) is 1.95. The molecule has 1 saturated heterocycles. The quantitative estimate of drug-likeness (QED) is 0.722. The average molecular weight is 339 g/mol. The number of aryl methyl sites for hydroxylation is 2. The highest BCUT2D eigenvalue weighted by atomic mass is 16.1. The molecule has 1 N–H and O–H groups in total. The predicted molar refractivity (Wildman–Crippen MR) is 98.4 cm³/mol. The van der Waals surface area contributed by atoms with Gasteiger partial charge in [0.1, 0.15) is 11.0 Å². The zero-order valence-electron chi connectivity index (χ0n) is 14.5. The lowest BCUT2D eigenvalue weighted by molar-refractivity contribution is 0.568. The molecule has 25 heavy (non-hydrogen) atoms. The van der Waals surface area contributed by atoms with E-state index >= 15 is 0 Å². The molecule has 130 valence electrons. The summed E-state index contributed by atoms with van der Waals surface area (Å²) in [6, 6.07) is 3.53. The van der Waals surface area contributed by atoms with Gasteiger partial charge in [0.25, 0.3) is 5.56 Å². The Balaban J connectivity index is 2.09. The van der Waals surface area contributed by atoms with E-state index in [1.807, 2.05) is 18.4 Å². The number of nitrogens with zero attached hydrogens (tertiary/aromatic N) is 4. The first-order valence-corrected chi connectivity index (χ1v) is 8.79. The lowest BCUT2D eigenvalue weighted by Crippen LogP contribution is -2.33. The molecule has 4 heterocycles. The van der Waals surface area contributed by atoms with Crippen LogP contribution in [0.2, 0.25) is 0 Å². The van der Waals surface area contributed by atoms with Crippen LogP contribution >= 0.6 is 0 Å². The van der Waals surface area contributed by atoms with Gasteiger partial charge in [0.15, 0.2) is 5.65 Å². The van der Waals surface area contributed by atoms with Crippen molar-refractivity contribution >= 4 is 28.0 Å². The number of fused-ring (bicyclic) bond motifs is 2. The summed E-state index contributed by atoms with van der Waals surface area (Å²) >= 11 is 0. The second kappa shape index (κ2) is 5.98. The molecule has 1 aliphatic rings. The Kier molecular flexibility index (Phi) is 3.78. The summed E-state index contributed by atoms with van der Waals surface area (Å²) < 4.78 is 1.86. The number of aromatic nitrogens is 4. The van der Waals surface area contributed by atoms with Crippen LogP contribution in [0, 0.1) is 6.92 Å². The fourth-order valence-corrected chi connectivity index (χ4v) is 3.57. The van der Waals surface area contributed by atoms with Gasteiger partial charge in [-0.2, -0.15) is 4.98 Å². The van der Waals surface area contributed by atoms with Crippen molar-refractivity contribution in [2.24, 2.45) is 0 Å².